The van der Waals surface area contributed by atoms with E-state index in [0.717, 1.165) is 0 Å². The molecule has 0 spiro atoms. The van der Waals surface area contributed by atoms with Crippen molar-refractivity contribution in [3.63, 3.8) is 0 Å². The SMILES string of the molecule is COc1cc(C(=O)OCC(=O)N(C)c2nccs2)cc(Cl)c1OCC(C)C. The summed E-state index contributed by atoms with van der Waals surface area (Å²) in [6.45, 7) is 4.05. The number of carbonyl (C=O) groups is 2. The van der Waals surface area contributed by atoms with E-state index in [4.69, 9.17) is 25.8 Å². The second-order valence-electron chi connectivity index (χ2n) is 6.04. The van der Waals surface area contributed by atoms with Crippen molar-refractivity contribution in [1.29, 1.82) is 0 Å². The highest BCUT2D eigenvalue weighted by Crippen LogP contribution is 2.37. The third kappa shape index (κ3) is 5.58. The van der Waals surface area contributed by atoms with Crippen LogP contribution in [-0.2, 0) is 9.53 Å². The second kappa shape index (κ2) is 9.57. The molecule has 27 heavy (non-hydrogen) atoms. The zero-order valence-electron chi connectivity index (χ0n) is 15.5. The Morgan fingerprint density at radius 3 is 2.67 bits per heavy atom. The molecule has 7 nitrogen and oxygen atoms in total. The summed E-state index contributed by atoms with van der Waals surface area (Å²) < 4.78 is 16.0. The number of rotatable bonds is 8. The molecule has 0 unspecified atom stereocenters. The summed E-state index contributed by atoms with van der Waals surface area (Å²) in [6.07, 6.45) is 1.59. The van der Waals surface area contributed by atoms with Crippen molar-refractivity contribution in [2.24, 2.45) is 5.92 Å². The average molecular weight is 413 g/mol. The molecule has 146 valence electrons. The van der Waals surface area contributed by atoms with Crippen molar-refractivity contribution in [2.75, 3.05) is 32.3 Å². The van der Waals surface area contributed by atoms with Gasteiger partial charge in [-0.05, 0) is 18.1 Å². The number of benzene rings is 1. The van der Waals surface area contributed by atoms with E-state index in [1.54, 1.807) is 18.6 Å². The van der Waals surface area contributed by atoms with E-state index in [0.29, 0.717) is 29.2 Å². The molecule has 0 aliphatic heterocycles. The number of nitrogens with zero attached hydrogens (tertiary/aromatic N) is 2. The van der Waals surface area contributed by atoms with Crippen LogP contribution in [0, 0.1) is 5.92 Å². The predicted molar refractivity (Wildman–Crippen MR) is 104 cm³/mol. The first-order valence-electron chi connectivity index (χ1n) is 8.17. The Bertz CT molecular complexity index is 795. The second-order valence-corrected chi connectivity index (χ2v) is 7.32. The molecule has 0 aliphatic rings. The van der Waals surface area contributed by atoms with Gasteiger partial charge in [-0.25, -0.2) is 9.78 Å². The summed E-state index contributed by atoms with van der Waals surface area (Å²) in [5, 5.41) is 2.50. The van der Waals surface area contributed by atoms with Crippen molar-refractivity contribution in [1.82, 2.24) is 4.98 Å². The number of ether oxygens (including phenoxy) is 3. The lowest BCUT2D eigenvalue weighted by atomic mass is 10.2. The van der Waals surface area contributed by atoms with E-state index in [-0.39, 0.29) is 10.6 Å². The van der Waals surface area contributed by atoms with Crippen LogP contribution in [0.15, 0.2) is 23.7 Å². The average Bonchev–Trinajstić information content (AvgIpc) is 3.17. The van der Waals surface area contributed by atoms with E-state index in [1.165, 1.54) is 35.5 Å². The Morgan fingerprint density at radius 2 is 2.07 bits per heavy atom. The van der Waals surface area contributed by atoms with Crippen LogP contribution in [0.3, 0.4) is 0 Å². The molecule has 2 aromatic rings. The Kier molecular flexibility index (Phi) is 7.44. The third-order valence-corrected chi connectivity index (χ3v) is 4.56. The minimum atomic E-state index is -0.688. The van der Waals surface area contributed by atoms with Gasteiger partial charge in [0, 0.05) is 18.6 Å². The van der Waals surface area contributed by atoms with Crippen LogP contribution in [0.25, 0.3) is 0 Å². The van der Waals surface area contributed by atoms with Gasteiger partial charge in [0.15, 0.2) is 23.2 Å². The van der Waals surface area contributed by atoms with Crippen molar-refractivity contribution >= 4 is 39.9 Å². The Balaban J connectivity index is 2.05. The van der Waals surface area contributed by atoms with Gasteiger partial charge in [-0.15, -0.1) is 11.3 Å². The quantitative estimate of drug-likeness (QED) is 0.616. The third-order valence-electron chi connectivity index (χ3n) is 3.43. The van der Waals surface area contributed by atoms with Crippen LogP contribution in [0.2, 0.25) is 5.02 Å². The van der Waals surface area contributed by atoms with E-state index in [9.17, 15) is 9.59 Å². The molecule has 1 amide bonds. The lowest BCUT2D eigenvalue weighted by molar-refractivity contribution is -0.121. The molecule has 9 heteroatoms. The fraction of sp³-hybridized carbons (Fsp3) is 0.389. The molecular formula is C18H21ClN2O5S. The van der Waals surface area contributed by atoms with Crippen molar-refractivity contribution < 1.29 is 23.8 Å². The van der Waals surface area contributed by atoms with Gasteiger partial charge in [0.1, 0.15) is 0 Å². The van der Waals surface area contributed by atoms with Crippen LogP contribution < -0.4 is 14.4 Å². The minimum absolute atomic E-state index is 0.165. The molecule has 0 saturated heterocycles. The van der Waals surface area contributed by atoms with Gasteiger partial charge in [0.2, 0.25) is 0 Å². The van der Waals surface area contributed by atoms with E-state index in [1.807, 2.05) is 13.8 Å². The number of esters is 1. The summed E-state index contributed by atoms with van der Waals surface area (Å²) in [4.78, 5) is 29.8. The fourth-order valence-corrected chi connectivity index (χ4v) is 2.91. The van der Waals surface area contributed by atoms with Crippen molar-refractivity contribution in [3.8, 4) is 11.5 Å². The molecule has 0 fully saturated rings. The van der Waals surface area contributed by atoms with Gasteiger partial charge in [-0.3, -0.25) is 9.69 Å². The van der Waals surface area contributed by atoms with E-state index < -0.39 is 18.5 Å². The topological polar surface area (TPSA) is 78.0 Å². The van der Waals surface area contributed by atoms with Crippen LogP contribution in [-0.4, -0.2) is 44.2 Å². The highest BCUT2D eigenvalue weighted by atomic mass is 35.5. The molecule has 0 atom stereocenters. The number of hydrogen-bond acceptors (Lipinski definition) is 7. The number of amides is 1. The number of thiazole rings is 1. The molecule has 0 aliphatic carbocycles. The molecule has 0 saturated carbocycles. The minimum Gasteiger partial charge on any atom is -0.493 e. The van der Waals surface area contributed by atoms with Crippen LogP contribution in [0.1, 0.15) is 24.2 Å². The number of hydrogen-bond donors (Lipinski definition) is 0. The Hall–Kier alpha value is -2.32. The predicted octanol–water partition coefficient (Wildman–Crippen LogP) is 3.66. The maximum Gasteiger partial charge on any atom is 0.338 e. The Morgan fingerprint density at radius 1 is 1.33 bits per heavy atom. The maximum absolute atomic E-state index is 12.3. The van der Waals surface area contributed by atoms with Crippen molar-refractivity contribution in [3.05, 3.63) is 34.3 Å². The summed E-state index contributed by atoms with van der Waals surface area (Å²) in [7, 11) is 3.02. The molecular weight excluding hydrogens is 392 g/mol. The lowest BCUT2D eigenvalue weighted by Gasteiger charge is -2.16. The van der Waals surface area contributed by atoms with Crippen LogP contribution in [0.4, 0.5) is 5.13 Å². The van der Waals surface area contributed by atoms with Gasteiger partial charge in [-0.1, -0.05) is 25.4 Å². The maximum atomic E-state index is 12.3. The normalized spacial score (nSPS) is 10.6. The van der Waals surface area contributed by atoms with Gasteiger partial charge >= 0.3 is 5.97 Å². The van der Waals surface area contributed by atoms with E-state index in [2.05, 4.69) is 4.98 Å². The van der Waals surface area contributed by atoms with Gasteiger partial charge in [-0.2, -0.15) is 0 Å². The molecule has 0 N–H and O–H groups in total. The number of carbonyl (C=O) groups excluding carboxylic acids is 2. The van der Waals surface area contributed by atoms with Gasteiger partial charge < -0.3 is 14.2 Å². The fourth-order valence-electron chi connectivity index (χ4n) is 2.02. The number of anilines is 1. The number of halogens is 1. The first kappa shape index (κ1) is 21.0. The highest BCUT2D eigenvalue weighted by molar-refractivity contribution is 7.13. The number of aromatic nitrogens is 1. The monoisotopic (exact) mass is 412 g/mol. The largest absolute Gasteiger partial charge is 0.493 e. The van der Waals surface area contributed by atoms with Crippen molar-refractivity contribution in [2.45, 2.75) is 13.8 Å². The Labute approximate surface area is 166 Å². The van der Waals surface area contributed by atoms with E-state index >= 15 is 0 Å². The molecule has 0 bridgehead atoms. The molecule has 1 heterocycles. The zero-order valence-corrected chi connectivity index (χ0v) is 17.1. The molecule has 1 aromatic heterocycles. The van der Waals surface area contributed by atoms with Gasteiger partial charge in [0.25, 0.3) is 5.91 Å². The summed E-state index contributed by atoms with van der Waals surface area (Å²) in [6, 6.07) is 2.90. The first-order valence-corrected chi connectivity index (χ1v) is 9.42. The number of likely N-dealkylation sites (N-methyl/N-ethyl adjacent to an activating group) is 1. The standard InChI is InChI=1S/C18H21ClN2O5S/c1-11(2)9-25-16-13(19)7-12(8-14(16)24-4)17(23)26-10-15(22)21(3)18-20-5-6-27-18/h5-8,11H,9-10H2,1-4H3. The summed E-state index contributed by atoms with van der Waals surface area (Å²) >= 11 is 7.54. The summed E-state index contributed by atoms with van der Waals surface area (Å²) in [5.41, 5.74) is 0.165. The van der Waals surface area contributed by atoms with Crippen LogP contribution in [0.5, 0.6) is 11.5 Å². The smallest absolute Gasteiger partial charge is 0.338 e. The molecule has 0 radical (unpaired) electrons. The molecule has 1 aromatic carbocycles. The first-order chi connectivity index (χ1) is 12.8. The number of methoxy groups -OCH3 is 1. The lowest BCUT2D eigenvalue weighted by Crippen LogP contribution is -2.31. The summed E-state index contributed by atoms with van der Waals surface area (Å²) in [5.74, 6) is -0.0960. The highest BCUT2D eigenvalue weighted by Gasteiger charge is 2.20. The molecule has 2 rings (SSSR count). The van der Waals surface area contributed by atoms with Gasteiger partial charge in [0.05, 0.1) is 24.3 Å². The zero-order chi connectivity index (χ0) is 20.0. The van der Waals surface area contributed by atoms with Crippen LogP contribution >= 0.6 is 22.9 Å².